The molecular formula is C16H31O3PS. The van der Waals surface area contributed by atoms with Crippen molar-refractivity contribution in [1.82, 2.24) is 0 Å². The average molecular weight is 334 g/mol. The van der Waals surface area contributed by atoms with Crippen molar-refractivity contribution in [2.24, 2.45) is 0 Å². The normalized spacial score (nSPS) is 26.8. The molecule has 2 aliphatic rings. The zero-order chi connectivity index (χ0) is 15.4. The van der Waals surface area contributed by atoms with E-state index in [2.05, 4.69) is 13.8 Å². The van der Waals surface area contributed by atoms with Crippen LogP contribution >= 0.6 is 6.72 Å². The summed E-state index contributed by atoms with van der Waals surface area (Å²) in [7, 11) is 0. The van der Waals surface area contributed by atoms with E-state index in [0.717, 1.165) is 51.4 Å². The van der Waals surface area contributed by atoms with Crippen molar-refractivity contribution in [1.29, 1.82) is 0 Å². The van der Waals surface area contributed by atoms with Gasteiger partial charge in [0.2, 0.25) is 0 Å². The van der Waals surface area contributed by atoms with Crippen molar-refractivity contribution >= 4 is 18.5 Å². The SMILES string of the molecule is CC1(OP(O)(=S)OC2(C)CCCCCC2)CCCCCC1. The maximum atomic E-state index is 10.6. The van der Waals surface area contributed by atoms with E-state index in [1.165, 1.54) is 25.7 Å². The second-order valence-corrected chi connectivity index (χ2v) is 10.1. The topological polar surface area (TPSA) is 38.7 Å². The Morgan fingerprint density at radius 1 is 0.714 bits per heavy atom. The summed E-state index contributed by atoms with van der Waals surface area (Å²) in [6.07, 6.45) is 13.6. The van der Waals surface area contributed by atoms with E-state index >= 15 is 0 Å². The van der Waals surface area contributed by atoms with Crippen LogP contribution in [0.15, 0.2) is 0 Å². The van der Waals surface area contributed by atoms with E-state index in [1.54, 1.807) is 0 Å². The highest BCUT2D eigenvalue weighted by Crippen LogP contribution is 2.55. The minimum Gasteiger partial charge on any atom is -0.324 e. The highest BCUT2D eigenvalue weighted by atomic mass is 32.5. The lowest BCUT2D eigenvalue weighted by Crippen LogP contribution is -2.31. The van der Waals surface area contributed by atoms with Crippen molar-refractivity contribution in [3.8, 4) is 0 Å². The summed E-state index contributed by atoms with van der Waals surface area (Å²) < 4.78 is 12.0. The van der Waals surface area contributed by atoms with Crippen LogP contribution in [0.3, 0.4) is 0 Å². The van der Waals surface area contributed by atoms with Crippen LogP contribution in [0.4, 0.5) is 0 Å². The molecule has 0 aliphatic heterocycles. The third-order valence-corrected chi connectivity index (χ3v) is 6.78. The molecule has 1 N–H and O–H groups in total. The van der Waals surface area contributed by atoms with Crippen LogP contribution in [0.1, 0.15) is 90.9 Å². The van der Waals surface area contributed by atoms with Gasteiger partial charge in [0.1, 0.15) is 0 Å². The molecule has 3 nitrogen and oxygen atoms in total. The highest BCUT2D eigenvalue weighted by molar-refractivity contribution is 8.07. The fraction of sp³-hybridized carbons (Fsp3) is 1.00. The Kier molecular flexibility index (Phi) is 6.30. The van der Waals surface area contributed by atoms with Crippen LogP contribution in [-0.2, 0) is 20.9 Å². The van der Waals surface area contributed by atoms with E-state index in [1.807, 2.05) is 0 Å². The maximum Gasteiger partial charge on any atom is 0.325 e. The van der Waals surface area contributed by atoms with Crippen LogP contribution in [0.5, 0.6) is 0 Å². The van der Waals surface area contributed by atoms with Gasteiger partial charge in [-0.3, -0.25) is 0 Å². The molecule has 124 valence electrons. The smallest absolute Gasteiger partial charge is 0.324 e. The molecule has 0 unspecified atom stereocenters. The number of hydrogen-bond acceptors (Lipinski definition) is 3. The molecule has 0 aromatic heterocycles. The molecule has 2 rings (SSSR count). The predicted octanol–water partition coefficient (Wildman–Crippen LogP) is 5.46. The van der Waals surface area contributed by atoms with Crippen LogP contribution < -0.4 is 0 Å². The van der Waals surface area contributed by atoms with Crippen LogP contribution in [0.2, 0.25) is 0 Å². The van der Waals surface area contributed by atoms with E-state index in [-0.39, 0.29) is 11.2 Å². The van der Waals surface area contributed by atoms with Crippen LogP contribution in [0, 0.1) is 0 Å². The Balaban J connectivity index is 1.98. The average Bonchev–Trinajstić information content (AvgIpc) is 2.68. The van der Waals surface area contributed by atoms with Crippen molar-refractivity contribution in [2.75, 3.05) is 0 Å². The Morgan fingerprint density at radius 2 is 1.00 bits per heavy atom. The second-order valence-electron chi connectivity index (χ2n) is 7.38. The Bertz CT molecular complexity index is 338. The van der Waals surface area contributed by atoms with Gasteiger partial charge < -0.3 is 13.9 Å². The third-order valence-electron chi connectivity index (χ3n) is 4.99. The molecule has 0 aromatic rings. The zero-order valence-corrected chi connectivity index (χ0v) is 15.3. The molecule has 0 saturated heterocycles. The molecule has 0 atom stereocenters. The van der Waals surface area contributed by atoms with Crippen LogP contribution in [0.25, 0.3) is 0 Å². The van der Waals surface area contributed by atoms with E-state index in [9.17, 15) is 4.89 Å². The van der Waals surface area contributed by atoms with Gasteiger partial charge in [-0.05, 0) is 51.3 Å². The largest absolute Gasteiger partial charge is 0.325 e. The van der Waals surface area contributed by atoms with E-state index in [0.29, 0.717) is 0 Å². The standard InChI is InChI=1S/C16H31O3PS/c1-15(11-7-3-4-8-12-15)18-20(17,21)19-16(2)13-9-5-6-10-14-16/h3-14H2,1-2H3,(H,17,21). The molecule has 0 radical (unpaired) electrons. The van der Waals surface area contributed by atoms with E-state index in [4.69, 9.17) is 20.9 Å². The molecule has 2 fully saturated rings. The van der Waals surface area contributed by atoms with Gasteiger partial charge >= 0.3 is 6.72 Å². The van der Waals surface area contributed by atoms with Crippen molar-refractivity contribution < 1.29 is 13.9 Å². The van der Waals surface area contributed by atoms with Gasteiger partial charge in [-0.2, -0.15) is 0 Å². The summed E-state index contributed by atoms with van der Waals surface area (Å²) in [6.45, 7) is 1.02. The van der Waals surface area contributed by atoms with Crippen molar-refractivity contribution in [3.63, 3.8) is 0 Å². The summed E-state index contributed by atoms with van der Waals surface area (Å²) in [5.41, 5.74) is -0.607. The first kappa shape index (κ1) is 17.9. The lowest BCUT2D eigenvalue weighted by Gasteiger charge is -2.37. The predicted molar refractivity (Wildman–Crippen MR) is 90.9 cm³/mol. The van der Waals surface area contributed by atoms with Gasteiger partial charge in [0, 0.05) is 0 Å². The number of hydrogen-bond donors (Lipinski definition) is 1. The summed E-state index contributed by atoms with van der Waals surface area (Å²) in [5, 5.41) is 0. The van der Waals surface area contributed by atoms with Crippen LogP contribution in [-0.4, -0.2) is 16.1 Å². The maximum absolute atomic E-state index is 10.6. The monoisotopic (exact) mass is 334 g/mol. The summed E-state index contributed by atoms with van der Waals surface area (Å²) in [5.74, 6) is 0. The van der Waals surface area contributed by atoms with Crippen molar-refractivity contribution in [2.45, 2.75) is 102 Å². The highest BCUT2D eigenvalue weighted by Gasteiger charge is 2.38. The Hall–Kier alpha value is 0.530. The Morgan fingerprint density at radius 3 is 1.29 bits per heavy atom. The quantitative estimate of drug-likeness (QED) is 0.547. The lowest BCUT2D eigenvalue weighted by molar-refractivity contribution is -0.00111. The second kappa shape index (κ2) is 7.40. The van der Waals surface area contributed by atoms with Gasteiger partial charge in [-0.1, -0.05) is 51.4 Å². The summed E-state index contributed by atoms with van der Waals surface area (Å²) in [4.78, 5) is 10.6. The van der Waals surface area contributed by atoms with Gasteiger partial charge in [0.25, 0.3) is 0 Å². The van der Waals surface area contributed by atoms with E-state index < -0.39 is 6.72 Å². The molecule has 5 heteroatoms. The number of rotatable bonds is 4. The molecule has 0 bridgehead atoms. The molecule has 2 aliphatic carbocycles. The minimum absolute atomic E-state index is 0.304. The first-order valence-electron chi connectivity index (χ1n) is 8.57. The van der Waals surface area contributed by atoms with Gasteiger partial charge in [-0.15, -0.1) is 0 Å². The van der Waals surface area contributed by atoms with Gasteiger partial charge in [0.05, 0.1) is 11.2 Å². The fourth-order valence-corrected chi connectivity index (χ4v) is 6.31. The van der Waals surface area contributed by atoms with Gasteiger partial charge in [-0.25, -0.2) is 0 Å². The molecule has 0 heterocycles. The molecule has 0 amide bonds. The summed E-state index contributed by atoms with van der Waals surface area (Å²) >= 11 is 5.36. The van der Waals surface area contributed by atoms with Gasteiger partial charge in [0.15, 0.2) is 0 Å². The molecule has 21 heavy (non-hydrogen) atoms. The first-order chi connectivity index (χ1) is 9.83. The molecular weight excluding hydrogens is 303 g/mol. The Labute approximate surface area is 135 Å². The molecule has 2 saturated carbocycles. The molecule has 0 aromatic carbocycles. The third kappa shape index (κ3) is 5.91. The summed E-state index contributed by atoms with van der Waals surface area (Å²) in [6, 6.07) is 0. The first-order valence-corrected chi connectivity index (χ1v) is 11.2. The lowest BCUT2D eigenvalue weighted by atomic mass is 9.98. The zero-order valence-electron chi connectivity index (χ0n) is 13.6. The molecule has 0 spiro atoms. The minimum atomic E-state index is -3.17. The van der Waals surface area contributed by atoms with Crippen molar-refractivity contribution in [3.05, 3.63) is 0 Å². The fourth-order valence-electron chi connectivity index (χ4n) is 3.71.